The Morgan fingerprint density at radius 3 is 1.38 bits per heavy atom. The molecule has 20 heteroatoms. The summed E-state index contributed by atoms with van der Waals surface area (Å²) in [5.74, 6) is -0.289. The van der Waals surface area contributed by atoms with E-state index in [2.05, 4.69) is 15.5 Å². The lowest BCUT2D eigenvalue weighted by atomic mass is 9.89. The molecule has 0 unspecified atom stereocenters. The number of benzene rings is 2. The van der Waals surface area contributed by atoms with E-state index in [1.54, 1.807) is 17.6 Å². The molecule has 2 aromatic rings. The maximum atomic E-state index is 13.5. The van der Waals surface area contributed by atoms with Crippen LogP contribution in [0.4, 0.5) is 0 Å². The summed E-state index contributed by atoms with van der Waals surface area (Å²) in [6.45, 7) is 3.10. The quantitative estimate of drug-likeness (QED) is 0.0661. The number of rotatable bonds is 19. The van der Waals surface area contributed by atoms with Gasteiger partial charge in [0.05, 0.1) is 23.0 Å². The zero-order valence-electron chi connectivity index (χ0n) is 37.7. The van der Waals surface area contributed by atoms with E-state index in [0.717, 1.165) is 64.2 Å². The molecule has 7 rings (SSSR count). The van der Waals surface area contributed by atoms with Crippen molar-refractivity contribution in [2.24, 2.45) is 11.8 Å². The van der Waals surface area contributed by atoms with Gasteiger partial charge in [-0.1, -0.05) is 32.1 Å². The minimum Gasteiger partial charge on any atom is -0.494 e. The third-order valence-electron chi connectivity index (χ3n) is 13.8. The van der Waals surface area contributed by atoms with Crippen molar-refractivity contribution in [2.45, 2.75) is 134 Å². The standard InChI is InChI=1S/C25H37N3O6S.C21H30N2O7S/c29-23(19-5-2-1-3-6-19)26-15-4-18-34-21-9-11-22(12-10-21)35(32,33)25(24(30)27-31)13-16-28(17-14-25)20-7-8-20;24-19(16-4-1-2-5-16)22-12-3-13-30-17-6-8-18(9-7-17)31(27,28)21(20(25)23-26)10-14-29-15-11-21/h9-12,19-20,31H,1-8,13-18H2,(H,26,29)(H,27,30);6-9,16,26H,1-5,10-15H2,(H,22,24)(H,23,25). The van der Waals surface area contributed by atoms with Gasteiger partial charge in [0.25, 0.3) is 11.8 Å². The number of piperidine rings is 1. The van der Waals surface area contributed by atoms with Crippen LogP contribution in [0.15, 0.2) is 58.3 Å². The van der Waals surface area contributed by atoms with E-state index in [-0.39, 0.29) is 72.3 Å². The normalized spacial score (nSPS) is 20.2. The summed E-state index contributed by atoms with van der Waals surface area (Å²) in [6.07, 6.45) is 13.3. The van der Waals surface area contributed by atoms with Gasteiger partial charge >= 0.3 is 0 Å². The zero-order valence-corrected chi connectivity index (χ0v) is 39.3. The molecule has 3 aliphatic carbocycles. The van der Waals surface area contributed by atoms with Crippen molar-refractivity contribution in [3.8, 4) is 11.5 Å². The van der Waals surface area contributed by atoms with Crippen molar-refractivity contribution in [2.75, 3.05) is 52.6 Å². The van der Waals surface area contributed by atoms with E-state index in [1.165, 1.54) is 48.3 Å². The summed E-state index contributed by atoms with van der Waals surface area (Å²) < 4.78 is 66.5. The van der Waals surface area contributed by atoms with Crippen LogP contribution in [0.1, 0.15) is 109 Å². The van der Waals surface area contributed by atoms with Gasteiger partial charge in [-0.3, -0.25) is 29.6 Å². The molecule has 2 heterocycles. The smallest absolute Gasteiger partial charge is 0.265 e. The molecule has 18 nitrogen and oxygen atoms in total. The van der Waals surface area contributed by atoms with Crippen molar-refractivity contribution in [3.63, 3.8) is 0 Å². The Hall–Kier alpha value is -4.34. The first-order valence-electron chi connectivity index (χ1n) is 23.5. The average molecular weight is 962 g/mol. The summed E-state index contributed by atoms with van der Waals surface area (Å²) in [6, 6.07) is 12.4. The number of hydrogen-bond acceptors (Lipinski definition) is 14. The first-order chi connectivity index (χ1) is 31.8. The SMILES string of the molecule is O=C(NCCCOc1ccc(S(=O)(=O)C2(C(=O)NO)CCN(C3CC3)CC2)cc1)C1CCCCC1.O=C(NCCCOc1ccc(S(=O)(=O)C2(C(=O)NO)CCOCC2)cc1)C1CCCC1. The van der Waals surface area contributed by atoms with E-state index >= 15 is 0 Å². The van der Waals surface area contributed by atoms with E-state index in [0.29, 0.717) is 69.8 Å². The molecule has 66 heavy (non-hydrogen) atoms. The summed E-state index contributed by atoms with van der Waals surface area (Å²) >= 11 is 0. The lowest BCUT2D eigenvalue weighted by molar-refractivity contribution is -0.134. The van der Waals surface area contributed by atoms with Crippen LogP contribution in [0.25, 0.3) is 0 Å². The van der Waals surface area contributed by atoms with E-state index in [1.807, 2.05) is 0 Å². The number of sulfone groups is 2. The number of hydroxylamine groups is 2. The van der Waals surface area contributed by atoms with Crippen molar-refractivity contribution in [3.05, 3.63) is 48.5 Å². The molecule has 6 N–H and O–H groups in total. The number of nitrogens with one attached hydrogen (secondary N) is 4. The van der Waals surface area contributed by atoms with Crippen LogP contribution in [0.5, 0.6) is 11.5 Å². The maximum absolute atomic E-state index is 13.5. The third kappa shape index (κ3) is 12.2. The van der Waals surface area contributed by atoms with Crippen LogP contribution < -0.4 is 31.1 Å². The summed E-state index contributed by atoms with van der Waals surface area (Å²) in [4.78, 5) is 51.3. The number of carbonyl (C=O) groups is 4. The zero-order chi connectivity index (χ0) is 47.2. The van der Waals surface area contributed by atoms with Crippen LogP contribution in [0, 0.1) is 11.8 Å². The molecule has 3 saturated carbocycles. The summed E-state index contributed by atoms with van der Waals surface area (Å²) in [5, 5.41) is 24.3. The molecule has 0 atom stereocenters. The molecule has 2 aliphatic heterocycles. The minimum absolute atomic E-state index is 0.0193. The molecule has 5 aliphatic rings. The van der Waals surface area contributed by atoms with Gasteiger partial charge in [-0.2, -0.15) is 0 Å². The number of nitrogens with zero attached hydrogens (tertiary/aromatic N) is 1. The molecule has 4 amide bonds. The predicted octanol–water partition coefficient (Wildman–Crippen LogP) is 4.02. The minimum atomic E-state index is -4.05. The highest BCUT2D eigenvalue weighted by atomic mass is 32.2. The molecule has 0 spiro atoms. The van der Waals surface area contributed by atoms with E-state index in [9.17, 15) is 41.2 Å². The highest BCUT2D eigenvalue weighted by Gasteiger charge is 2.54. The monoisotopic (exact) mass is 961 g/mol. The van der Waals surface area contributed by atoms with Crippen molar-refractivity contribution in [1.29, 1.82) is 0 Å². The van der Waals surface area contributed by atoms with Gasteiger partial charge in [0.2, 0.25) is 11.8 Å². The molecule has 0 radical (unpaired) electrons. The Balaban J connectivity index is 0.000000220. The fraction of sp³-hybridized carbons (Fsp3) is 0.652. The van der Waals surface area contributed by atoms with Gasteiger partial charge in [0.1, 0.15) is 11.5 Å². The Kier molecular flexibility index (Phi) is 18.3. The molecule has 2 saturated heterocycles. The first kappa shape index (κ1) is 51.1. The Labute approximate surface area is 388 Å². The lowest BCUT2D eigenvalue weighted by Crippen LogP contribution is -2.58. The Morgan fingerprint density at radius 2 is 0.985 bits per heavy atom. The number of hydrogen-bond donors (Lipinski definition) is 6. The van der Waals surface area contributed by atoms with Crippen molar-refractivity contribution < 1.29 is 60.6 Å². The highest BCUT2D eigenvalue weighted by Crippen LogP contribution is 2.40. The highest BCUT2D eigenvalue weighted by molar-refractivity contribution is 7.94. The summed E-state index contributed by atoms with van der Waals surface area (Å²) in [5.41, 5.74) is 3.10. The second-order valence-electron chi connectivity index (χ2n) is 18.0. The van der Waals surface area contributed by atoms with Gasteiger partial charge in [-0.15, -0.1) is 0 Å². The van der Waals surface area contributed by atoms with Crippen LogP contribution in [0.3, 0.4) is 0 Å². The first-order valence-corrected chi connectivity index (χ1v) is 26.5. The molecule has 5 fully saturated rings. The second kappa shape index (κ2) is 23.6. The molecule has 366 valence electrons. The predicted molar refractivity (Wildman–Crippen MR) is 241 cm³/mol. The van der Waals surface area contributed by atoms with Gasteiger partial charge in [-0.25, -0.2) is 27.8 Å². The van der Waals surface area contributed by atoms with Gasteiger partial charge in [0.15, 0.2) is 29.2 Å². The van der Waals surface area contributed by atoms with Crippen molar-refractivity contribution in [1.82, 2.24) is 26.5 Å². The number of ether oxygens (including phenoxy) is 3. The molecular weight excluding hydrogens is 895 g/mol. The average Bonchev–Trinajstić information content (AvgIpc) is 4.06. The van der Waals surface area contributed by atoms with Gasteiger partial charge < -0.3 is 29.7 Å². The van der Waals surface area contributed by atoms with Gasteiger partial charge in [-0.05, 0) is 126 Å². The summed E-state index contributed by atoms with van der Waals surface area (Å²) in [7, 11) is -8.09. The van der Waals surface area contributed by atoms with Gasteiger partial charge in [0, 0.05) is 57.3 Å². The van der Waals surface area contributed by atoms with Crippen LogP contribution in [0.2, 0.25) is 0 Å². The molecule has 0 aromatic heterocycles. The number of likely N-dealkylation sites (tertiary alicyclic amines) is 1. The number of carbonyl (C=O) groups excluding carboxylic acids is 4. The Morgan fingerprint density at radius 1 is 0.591 bits per heavy atom. The van der Waals surface area contributed by atoms with Crippen LogP contribution in [-0.4, -0.2) is 124 Å². The van der Waals surface area contributed by atoms with Crippen molar-refractivity contribution >= 4 is 43.3 Å². The molecule has 0 bridgehead atoms. The largest absolute Gasteiger partial charge is 0.494 e. The fourth-order valence-corrected chi connectivity index (χ4v) is 13.4. The fourth-order valence-electron chi connectivity index (χ4n) is 9.50. The number of amides is 4. The topological polar surface area (TPSA) is 256 Å². The van der Waals surface area contributed by atoms with Crippen LogP contribution >= 0.6 is 0 Å². The Bertz CT molecular complexity index is 2140. The third-order valence-corrected chi connectivity index (χ3v) is 18.8. The molecule has 2 aromatic carbocycles. The molecular formula is C46H67N5O13S2. The van der Waals surface area contributed by atoms with Crippen LogP contribution in [-0.2, 0) is 43.6 Å². The lowest BCUT2D eigenvalue weighted by Gasteiger charge is -2.39. The maximum Gasteiger partial charge on any atom is 0.265 e. The van der Waals surface area contributed by atoms with E-state index in [4.69, 9.17) is 19.4 Å². The van der Waals surface area contributed by atoms with E-state index < -0.39 is 41.0 Å². The second-order valence-corrected chi connectivity index (χ2v) is 22.5.